The summed E-state index contributed by atoms with van der Waals surface area (Å²) in [5, 5.41) is 0.666. The van der Waals surface area contributed by atoms with Gasteiger partial charge in [0.25, 0.3) is 0 Å². The molecule has 0 aliphatic heterocycles. The maximum atomic E-state index is 11.4. The molecule has 3 nitrogen and oxygen atoms in total. The molecule has 0 bridgehead atoms. The molecule has 3 rings (SSSR count). The zero-order chi connectivity index (χ0) is 19.2. The molecule has 0 saturated heterocycles. The van der Waals surface area contributed by atoms with Gasteiger partial charge >= 0.3 is 0 Å². The van der Waals surface area contributed by atoms with E-state index in [4.69, 9.17) is 17.3 Å². The molecule has 0 atom stereocenters. The van der Waals surface area contributed by atoms with Crippen LogP contribution in [0.2, 0.25) is 5.02 Å². The Morgan fingerprint density at radius 3 is 2.00 bits per heavy atom. The molecular formula is C23H19ClN2O. The number of benzene rings is 3. The van der Waals surface area contributed by atoms with Gasteiger partial charge in [0.1, 0.15) is 5.84 Å². The lowest BCUT2D eigenvalue weighted by atomic mass is 10.0. The summed E-state index contributed by atoms with van der Waals surface area (Å²) in [5.74, 6) is 0.487. The highest BCUT2D eigenvalue weighted by molar-refractivity contribution is 6.30. The third kappa shape index (κ3) is 5.16. The molecule has 0 spiro atoms. The summed E-state index contributed by atoms with van der Waals surface area (Å²) < 4.78 is 0. The van der Waals surface area contributed by atoms with Gasteiger partial charge in [-0.3, -0.25) is 4.79 Å². The largest absolute Gasteiger partial charge is 0.384 e. The van der Waals surface area contributed by atoms with Crippen molar-refractivity contribution in [2.45, 2.75) is 6.92 Å². The van der Waals surface area contributed by atoms with Crippen LogP contribution in [0.4, 0.5) is 5.69 Å². The van der Waals surface area contributed by atoms with Gasteiger partial charge < -0.3 is 5.73 Å². The standard InChI is InChI=1S/C23H19ClN2O/c1-16(27)18-7-9-20(10-8-18)19-5-2-17(3-6-19)4-15-23(25)26-22-13-11-21(24)12-14-22/h2-15H,1H3,(H2,25,26). The molecule has 2 N–H and O–H groups in total. The number of hydrogen-bond donors (Lipinski definition) is 1. The lowest BCUT2D eigenvalue weighted by molar-refractivity contribution is 0.101. The average Bonchev–Trinajstić information content (AvgIpc) is 2.69. The molecule has 0 aromatic heterocycles. The predicted molar refractivity (Wildman–Crippen MR) is 114 cm³/mol. The van der Waals surface area contributed by atoms with E-state index in [9.17, 15) is 4.79 Å². The lowest BCUT2D eigenvalue weighted by Gasteiger charge is -2.03. The van der Waals surface area contributed by atoms with Crippen LogP contribution in [0.1, 0.15) is 22.8 Å². The van der Waals surface area contributed by atoms with Gasteiger partial charge in [0.2, 0.25) is 0 Å². The second-order valence-electron chi connectivity index (χ2n) is 6.10. The first-order chi connectivity index (χ1) is 13.0. The van der Waals surface area contributed by atoms with Gasteiger partial charge in [-0.1, -0.05) is 66.2 Å². The summed E-state index contributed by atoms with van der Waals surface area (Å²) in [6.45, 7) is 1.57. The first kappa shape index (κ1) is 18.6. The van der Waals surface area contributed by atoms with Crippen molar-refractivity contribution in [3.63, 3.8) is 0 Å². The van der Waals surface area contributed by atoms with Gasteiger partial charge in [0.15, 0.2) is 5.78 Å². The number of nitrogens with zero attached hydrogens (tertiary/aromatic N) is 1. The molecule has 0 amide bonds. The van der Waals surface area contributed by atoms with Gasteiger partial charge in [0.05, 0.1) is 5.69 Å². The Bertz CT molecular complexity index is 986. The van der Waals surface area contributed by atoms with E-state index < -0.39 is 0 Å². The van der Waals surface area contributed by atoms with Crippen LogP contribution in [-0.4, -0.2) is 11.6 Å². The molecule has 0 unspecified atom stereocenters. The van der Waals surface area contributed by atoms with E-state index in [0.717, 1.165) is 22.4 Å². The van der Waals surface area contributed by atoms with Crippen LogP contribution in [-0.2, 0) is 0 Å². The summed E-state index contributed by atoms with van der Waals surface area (Å²) in [7, 11) is 0. The molecule has 0 heterocycles. The van der Waals surface area contributed by atoms with E-state index in [-0.39, 0.29) is 5.78 Å². The van der Waals surface area contributed by atoms with Crippen molar-refractivity contribution in [2.75, 3.05) is 0 Å². The van der Waals surface area contributed by atoms with E-state index in [1.165, 1.54) is 0 Å². The minimum Gasteiger partial charge on any atom is -0.384 e. The number of ketones is 1. The Morgan fingerprint density at radius 1 is 0.889 bits per heavy atom. The number of hydrogen-bond acceptors (Lipinski definition) is 2. The van der Waals surface area contributed by atoms with Crippen LogP contribution >= 0.6 is 11.6 Å². The van der Waals surface area contributed by atoms with Gasteiger partial charge in [-0.2, -0.15) is 0 Å². The molecule has 27 heavy (non-hydrogen) atoms. The number of carbonyl (C=O) groups excluding carboxylic acids is 1. The minimum absolute atomic E-state index is 0.0693. The monoisotopic (exact) mass is 374 g/mol. The van der Waals surface area contributed by atoms with E-state index in [1.54, 1.807) is 25.1 Å². The lowest BCUT2D eigenvalue weighted by Crippen LogP contribution is -2.06. The van der Waals surface area contributed by atoms with Crippen LogP contribution in [0.25, 0.3) is 17.2 Å². The zero-order valence-corrected chi connectivity index (χ0v) is 15.6. The molecule has 4 heteroatoms. The summed E-state index contributed by atoms with van der Waals surface area (Å²) in [6, 6.07) is 22.9. The highest BCUT2D eigenvalue weighted by atomic mass is 35.5. The second-order valence-corrected chi connectivity index (χ2v) is 6.54. The van der Waals surface area contributed by atoms with Crippen LogP contribution < -0.4 is 5.73 Å². The quantitative estimate of drug-likeness (QED) is 0.343. The molecule has 0 saturated carbocycles. The van der Waals surface area contributed by atoms with E-state index in [2.05, 4.69) is 4.99 Å². The van der Waals surface area contributed by atoms with Crippen molar-refractivity contribution in [1.82, 2.24) is 0 Å². The number of carbonyl (C=O) groups is 1. The topological polar surface area (TPSA) is 55.5 Å². The second kappa shape index (κ2) is 8.47. The van der Waals surface area contributed by atoms with E-state index in [0.29, 0.717) is 16.4 Å². The van der Waals surface area contributed by atoms with Gasteiger partial charge in [0, 0.05) is 10.6 Å². The van der Waals surface area contributed by atoms with E-state index in [1.807, 2.05) is 66.7 Å². The Morgan fingerprint density at radius 2 is 1.44 bits per heavy atom. The van der Waals surface area contributed by atoms with Crippen molar-refractivity contribution >= 4 is 35.0 Å². The summed E-state index contributed by atoms with van der Waals surface area (Å²) in [5.41, 5.74) is 10.6. The SMILES string of the molecule is CC(=O)c1ccc(-c2ccc(C=CC(N)=Nc3ccc(Cl)cc3)cc2)cc1. The van der Waals surface area contributed by atoms with Crippen LogP contribution in [0.5, 0.6) is 0 Å². The number of amidine groups is 1. The minimum atomic E-state index is 0.0693. The van der Waals surface area contributed by atoms with Gasteiger partial charge in [-0.25, -0.2) is 4.99 Å². The third-order valence-electron chi connectivity index (χ3n) is 4.07. The number of aliphatic imine (C=N–C) groups is 1. The highest BCUT2D eigenvalue weighted by Gasteiger charge is 2.01. The first-order valence-corrected chi connectivity index (χ1v) is 8.88. The maximum absolute atomic E-state index is 11.4. The molecular weight excluding hydrogens is 356 g/mol. The molecule has 134 valence electrons. The number of nitrogens with two attached hydrogens (primary N) is 1. The number of rotatable bonds is 5. The Balaban J connectivity index is 1.70. The Kier molecular flexibility index (Phi) is 5.84. The van der Waals surface area contributed by atoms with Crippen molar-refractivity contribution < 1.29 is 4.79 Å². The molecule has 0 radical (unpaired) electrons. The Labute approximate surface area is 163 Å². The fourth-order valence-corrected chi connectivity index (χ4v) is 2.69. The van der Waals surface area contributed by atoms with Crippen molar-refractivity contribution in [3.8, 4) is 11.1 Å². The van der Waals surface area contributed by atoms with Gasteiger partial charge in [-0.05, 0) is 54.0 Å². The van der Waals surface area contributed by atoms with Crippen molar-refractivity contribution in [3.05, 3.63) is 95.0 Å². The molecule has 3 aromatic rings. The van der Waals surface area contributed by atoms with Gasteiger partial charge in [-0.15, -0.1) is 0 Å². The fraction of sp³-hybridized carbons (Fsp3) is 0.0435. The highest BCUT2D eigenvalue weighted by Crippen LogP contribution is 2.21. The average molecular weight is 375 g/mol. The number of halogens is 1. The molecule has 0 aliphatic rings. The molecule has 0 fully saturated rings. The molecule has 0 aliphatic carbocycles. The van der Waals surface area contributed by atoms with Crippen molar-refractivity contribution in [2.24, 2.45) is 10.7 Å². The summed E-state index contributed by atoms with van der Waals surface area (Å²) >= 11 is 5.86. The maximum Gasteiger partial charge on any atom is 0.159 e. The third-order valence-corrected chi connectivity index (χ3v) is 4.32. The van der Waals surface area contributed by atoms with Crippen LogP contribution in [0, 0.1) is 0 Å². The molecule has 3 aromatic carbocycles. The first-order valence-electron chi connectivity index (χ1n) is 8.50. The smallest absolute Gasteiger partial charge is 0.159 e. The summed E-state index contributed by atoms with van der Waals surface area (Å²) in [4.78, 5) is 15.7. The predicted octanol–water partition coefficient (Wildman–Crippen LogP) is 5.91. The normalized spacial score (nSPS) is 11.7. The van der Waals surface area contributed by atoms with E-state index >= 15 is 0 Å². The summed E-state index contributed by atoms with van der Waals surface area (Å²) in [6.07, 6.45) is 3.68. The Hall–Kier alpha value is -3.17. The zero-order valence-electron chi connectivity index (χ0n) is 14.9. The van der Waals surface area contributed by atoms with Crippen LogP contribution in [0.3, 0.4) is 0 Å². The fourth-order valence-electron chi connectivity index (χ4n) is 2.57. The van der Waals surface area contributed by atoms with Crippen LogP contribution in [0.15, 0.2) is 83.9 Å². The van der Waals surface area contributed by atoms with Crippen molar-refractivity contribution in [1.29, 1.82) is 0 Å². The number of Topliss-reactive ketones (excluding diaryl/α,β-unsaturated/α-hetero) is 1.